The van der Waals surface area contributed by atoms with E-state index in [-0.39, 0.29) is 11.7 Å². The molecule has 0 bridgehead atoms. The zero-order chi connectivity index (χ0) is 28.9. The summed E-state index contributed by atoms with van der Waals surface area (Å²) in [7, 11) is 2.04. The lowest BCUT2D eigenvalue weighted by Gasteiger charge is -2.50. The van der Waals surface area contributed by atoms with E-state index in [1.165, 1.54) is 51.4 Å². The normalized spacial score (nSPS) is 31.7. The Morgan fingerprint density at radius 3 is 1.67 bits per heavy atom. The van der Waals surface area contributed by atoms with Crippen molar-refractivity contribution in [3.05, 3.63) is 0 Å². The number of amides is 1. The number of rotatable bonds is 21. The van der Waals surface area contributed by atoms with Crippen LogP contribution < -0.4 is 10.6 Å². The fourth-order valence-corrected chi connectivity index (χ4v) is 8.58. The largest absolute Gasteiger partial charge is 0.356 e. The van der Waals surface area contributed by atoms with E-state index >= 15 is 0 Å². The van der Waals surface area contributed by atoms with Gasteiger partial charge in [0, 0.05) is 19.4 Å². The number of nitrogens with one attached hydrogen (secondary N) is 2. The van der Waals surface area contributed by atoms with E-state index in [4.69, 9.17) is 0 Å². The average Bonchev–Trinajstić information content (AvgIpc) is 2.92. The number of hydrogen-bond acceptors (Lipinski definition) is 3. The molecule has 2 rings (SSSR count). The van der Waals surface area contributed by atoms with Crippen LogP contribution in [0.4, 0.5) is 0 Å². The highest BCUT2D eigenvalue weighted by Crippen LogP contribution is 2.51. The van der Waals surface area contributed by atoms with E-state index in [0.29, 0.717) is 24.7 Å². The number of carbonyl (C=O) groups excluding carboxylic acids is 2. The second-order valence-corrected chi connectivity index (χ2v) is 14.0. The molecule has 0 aromatic heterocycles. The predicted molar refractivity (Wildman–Crippen MR) is 167 cm³/mol. The standard InChI is InChI=1S/C35H66N2O2/c1-9-11-32-27(6)28(7)34(32)18-14-29(13-12-24(3)38)16-19-35(39)37-23-21-30(20-22-36-8)15-17-33-26(5)25(4)31(33)10-2/h25-34,36H,9-23H2,1-8H3,(H,37,39). The van der Waals surface area contributed by atoms with Crippen LogP contribution >= 0.6 is 0 Å². The summed E-state index contributed by atoms with van der Waals surface area (Å²) in [4.78, 5) is 24.5. The maximum atomic E-state index is 12.8. The maximum Gasteiger partial charge on any atom is 0.220 e. The second-order valence-electron chi connectivity index (χ2n) is 14.0. The van der Waals surface area contributed by atoms with Crippen molar-refractivity contribution in [1.82, 2.24) is 10.6 Å². The van der Waals surface area contributed by atoms with Crippen molar-refractivity contribution >= 4 is 11.7 Å². The zero-order valence-electron chi connectivity index (χ0n) is 27.2. The molecule has 1 amide bonds. The molecule has 0 radical (unpaired) electrons. The van der Waals surface area contributed by atoms with Gasteiger partial charge in [-0.1, -0.05) is 73.6 Å². The summed E-state index contributed by atoms with van der Waals surface area (Å²) in [6.45, 7) is 18.0. The molecule has 0 aromatic carbocycles. The Hall–Kier alpha value is -0.900. The molecule has 2 aliphatic rings. The number of carbonyl (C=O) groups is 2. The summed E-state index contributed by atoms with van der Waals surface area (Å²) in [5, 5.41) is 6.59. The van der Waals surface area contributed by atoms with Gasteiger partial charge in [0.1, 0.15) is 5.78 Å². The van der Waals surface area contributed by atoms with Crippen LogP contribution in [0.15, 0.2) is 0 Å². The Balaban J connectivity index is 1.75. The first-order chi connectivity index (χ1) is 18.6. The zero-order valence-corrected chi connectivity index (χ0v) is 27.2. The molecule has 39 heavy (non-hydrogen) atoms. The van der Waals surface area contributed by atoms with Gasteiger partial charge in [0.2, 0.25) is 5.91 Å². The van der Waals surface area contributed by atoms with Gasteiger partial charge in [-0.2, -0.15) is 0 Å². The maximum absolute atomic E-state index is 12.8. The lowest BCUT2D eigenvalue weighted by molar-refractivity contribution is -0.121. The van der Waals surface area contributed by atoms with Crippen LogP contribution in [0.1, 0.15) is 132 Å². The van der Waals surface area contributed by atoms with Gasteiger partial charge in [0.25, 0.3) is 0 Å². The Kier molecular flexibility index (Phi) is 15.7. The molecule has 2 N–H and O–H groups in total. The van der Waals surface area contributed by atoms with Gasteiger partial charge < -0.3 is 15.4 Å². The van der Waals surface area contributed by atoms with Crippen LogP contribution in [0.2, 0.25) is 0 Å². The highest BCUT2D eigenvalue weighted by Gasteiger charge is 2.44. The van der Waals surface area contributed by atoms with E-state index in [1.54, 1.807) is 6.92 Å². The Morgan fingerprint density at radius 2 is 1.13 bits per heavy atom. The molecular weight excluding hydrogens is 480 g/mol. The molecule has 4 heteroatoms. The minimum absolute atomic E-state index is 0.206. The first kappa shape index (κ1) is 34.3. The molecule has 2 aliphatic carbocycles. The molecular formula is C35H66N2O2. The van der Waals surface area contributed by atoms with Gasteiger partial charge in [0.15, 0.2) is 0 Å². The highest BCUT2D eigenvalue weighted by molar-refractivity contribution is 5.76. The molecule has 2 saturated carbocycles. The highest BCUT2D eigenvalue weighted by atomic mass is 16.1. The van der Waals surface area contributed by atoms with Gasteiger partial charge in [-0.25, -0.2) is 0 Å². The molecule has 0 spiro atoms. The van der Waals surface area contributed by atoms with Crippen LogP contribution in [0, 0.1) is 59.2 Å². The molecule has 4 nitrogen and oxygen atoms in total. The molecule has 0 aromatic rings. The van der Waals surface area contributed by atoms with Gasteiger partial charge >= 0.3 is 0 Å². The molecule has 2 fully saturated rings. The Labute approximate surface area is 243 Å². The third kappa shape index (κ3) is 10.5. The smallest absolute Gasteiger partial charge is 0.220 e. The van der Waals surface area contributed by atoms with Crippen molar-refractivity contribution < 1.29 is 9.59 Å². The molecule has 0 aliphatic heterocycles. The molecule has 10 atom stereocenters. The summed E-state index contributed by atoms with van der Waals surface area (Å²) in [5.41, 5.74) is 0. The summed E-state index contributed by atoms with van der Waals surface area (Å²) in [6, 6.07) is 0. The fourth-order valence-electron chi connectivity index (χ4n) is 8.58. The third-order valence-corrected chi connectivity index (χ3v) is 11.7. The average molecular weight is 547 g/mol. The lowest BCUT2D eigenvalue weighted by atomic mass is 9.55. The second kappa shape index (κ2) is 17.8. The number of hydrogen-bond donors (Lipinski definition) is 2. The number of Topliss-reactive ketones (excluding diaryl/α,β-unsaturated/α-hetero) is 1. The molecule has 228 valence electrons. The van der Waals surface area contributed by atoms with Crippen molar-refractivity contribution in [3.8, 4) is 0 Å². The summed E-state index contributed by atoms with van der Waals surface area (Å²) in [6.07, 6.45) is 14.4. The SMILES string of the molecule is CCCC1C(C)C(C)C1CCC(CCC(C)=O)CCC(=O)NCCC(CCNC)CCC1C(C)C(C)C1CC. The molecule has 0 saturated heterocycles. The Bertz CT molecular complexity index is 709. The Morgan fingerprint density at radius 1 is 0.641 bits per heavy atom. The van der Waals surface area contributed by atoms with Crippen molar-refractivity contribution in [2.75, 3.05) is 20.1 Å². The predicted octanol–water partition coefficient (Wildman–Crippen LogP) is 8.29. The van der Waals surface area contributed by atoms with Gasteiger partial charge in [-0.3, -0.25) is 4.79 Å². The first-order valence-corrected chi connectivity index (χ1v) is 17.0. The van der Waals surface area contributed by atoms with Crippen molar-refractivity contribution in [3.63, 3.8) is 0 Å². The molecule has 10 unspecified atom stereocenters. The fraction of sp³-hybridized carbons (Fsp3) is 0.943. The quantitative estimate of drug-likeness (QED) is 0.152. The van der Waals surface area contributed by atoms with Crippen LogP contribution in [-0.4, -0.2) is 31.8 Å². The van der Waals surface area contributed by atoms with Crippen molar-refractivity contribution in [2.45, 2.75) is 132 Å². The minimum atomic E-state index is 0.206. The monoisotopic (exact) mass is 547 g/mol. The molecule has 0 heterocycles. The summed E-state index contributed by atoms with van der Waals surface area (Å²) < 4.78 is 0. The third-order valence-electron chi connectivity index (χ3n) is 11.7. The van der Waals surface area contributed by atoms with Gasteiger partial charge in [0.05, 0.1) is 0 Å². The van der Waals surface area contributed by atoms with Crippen LogP contribution in [0.25, 0.3) is 0 Å². The topological polar surface area (TPSA) is 58.2 Å². The van der Waals surface area contributed by atoms with E-state index in [9.17, 15) is 9.59 Å². The van der Waals surface area contributed by atoms with Crippen LogP contribution in [-0.2, 0) is 9.59 Å². The van der Waals surface area contributed by atoms with Crippen molar-refractivity contribution in [2.24, 2.45) is 59.2 Å². The van der Waals surface area contributed by atoms with Crippen LogP contribution in [0.3, 0.4) is 0 Å². The van der Waals surface area contributed by atoms with E-state index in [1.807, 2.05) is 7.05 Å². The summed E-state index contributed by atoms with van der Waals surface area (Å²) in [5.74, 6) is 8.59. The van der Waals surface area contributed by atoms with E-state index in [2.05, 4.69) is 52.2 Å². The number of ketones is 1. The van der Waals surface area contributed by atoms with Crippen LogP contribution in [0.5, 0.6) is 0 Å². The van der Waals surface area contributed by atoms with Crippen molar-refractivity contribution in [1.29, 1.82) is 0 Å². The van der Waals surface area contributed by atoms with Gasteiger partial charge in [-0.05, 0) is 118 Å². The van der Waals surface area contributed by atoms with E-state index in [0.717, 1.165) is 79.7 Å². The lowest BCUT2D eigenvalue weighted by Crippen LogP contribution is -2.43. The first-order valence-electron chi connectivity index (χ1n) is 17.0. The van der Waals surface area contributed by atoms with E-state index < -0.39 is 0 Å². The minimum Gasteiger partial charge on any atom is -0.356 e. The summed E-state index contributed by atoms with van der Waals surface area (Å²) >= 11 is 0. The van der Waals surface area contributed by atoms with Gasteiger partial charge in [-0.15, -0.1) is 0 Å².